The van der Waals surface area contributed by atoms with Crippen LogP contribution in [0.1, 0.15) is 9.75 Å². The maximum Gasteiger partial charge on any atom is 0.145 e. The van der Waals surface area contributed by atoms with Gasteiger partial charge in [0, 0.05) is 22.4 Å². The van der Waals surface area contributed by atoms with Crippen LogP contribution in [0, 0.1) is 5.82 Å². The van der Waals surface area contributed by atoms with Gasteiger partial charge in [-0.2, -0.15) is 0 Å². The largest absolute Gasteiger partial charge is 0.488 e. The first-order chi connectivity index (χ1) is 8.69. The molecule has 1 aromatic carbocycles. The van der Waals surface area contributed by atoms with E-state index in [0.29, 0.717) is 12.4 Å². The van der Waals surface area contributed by atoms with Gasteiger partial charge in [-0.15, -0.1) is 11.3 Å². The maximum atomic E-state index is 13.2. The first-order valence-electron chi connectivity index (χ1n) is 5.49. The van der Waals surface area contributed by atoms with Crippen LogP contribution in [0.5, 0.6) is 5.75 Å². The van der Waals surface area contributed by atoms with Crippen molar-refractivity contribution in [3.05, 3.63) is 50.9 Å². The standard InChI is InChI=1S/C13H13ClFNOS/c1-16-7-10-3-4-11(18-10)8-17-9-2-5-12(14)13(15)6-9/h2-6,16H,7-8H2,1H3. The molecule has 0 aliphatic carbocycles. The maximum absolute atomic E-state index is 13.2. The lowest BCUT2D eigenvalue weighted by Crippen LogP contribution is -2.02. The molecule has 5 heteroatoms. The topological polar surface area (TPSA) is 21.3 Å². The van der Waals surface area contributed by atoms with E-state index in [2.05, 4.69) is 11.4 Å². The van der Waals surface area contributed by atoms with Gasteiger partial charge in [0.1, 0.15) is 18.2 Å². The lowest BCUT2D eigenvalue weighted by Gasteiger charge is -2.05. The summed E-state index contributed by atoms with van der Waals surface area (Å²) in [5.41, 5.74) is 0. The number of thiophene rings is 1. The van der Waals surface area contributed by atoms with Gasteiger partial charge in [-0.05, 0) is 31.3 Å². The number of nitrogens with one attached hydrogen (secondary N) is 1. The summed E-state index contributed by atoms with van der Waals surface area (Å²) < 4.78 is 18.7. The molecule has 2 aromatic rings. The number of rotatable bonds is 5. The van der Waals surface area contributed by atoms with Gasteiger partial charge in [-0.3, -0.25) is 0 Å². The fourth-order valence-corrected chi connectivity index (χ4v) is 2.55. The highest BCUT2D eigenvalue weighted by Gasteiger charge is 2.04. The number of hydrogen-bond acceptors (Lipinski definition) is 3. The third-order valence-corrected chi connectivity index (χ3v) is 3.71. The number of halogens is 2. The molecule has 0 spiro atoms. The summed E-state index contributed by atoms with van der Waals surface area (Å²) in [7, 11) is 1.91. The van der Waals surface area contributed by atoms with Crippen LogP contribution >= 0.6 is 22.9 Å². The van der Waals surface area contributed by atoms with Gasteiger partial charge >= 0.3 is 0 Å². The molecule has 0 aliphatic heterocycles. The van der Waals surface area contributed by atoms with Crippen LogP contribution in [0.3, 0.4) is 0 Å². The van der Waals surface area contributed by atoms with Crippen LogP contribution < -0.4 is 10.1 Å². The van der Waals surface area contributed by atoms with E-state index in [9.17, 15) is 4.39 Å². The summed E-state index contributed by atoms with van der Waals surface area (Å²) in [4.78, 5) is 2.36. The van der Waals surface area contributed by atoms with E-state index in [0.717, 1.165) is 11.4 Å². The molecule has 2 rings (SSSR count). The second-order valence-electron chi connectivity index (χ2n) is 3.76. The molecule has 0 radical (unpaired) electrons. The molecule has 18 heavy (non-hydrogen) atoms. The lowest BCUT2D eigenvalue weighted by molar-refractivity contribution is 0.308. The van der Waals surface area contributed by atoms with Crippen molar-refractivity contribution in [2.45, 2.75) is 13.2 Å². The molecular weight excluding hydrogens is 273 g/mol. The van der Waals surface area contributed by atoms with Crippen LogP contribution in [0.15, 0.2) is 30.3 Å². The van der Waals surface area contributed by atoms with Crippen LogP contribution in [0.2, 0.25) is 5.02 Å². The van der Waals surface area contributed by atoms with E-state index >= 15 is 0 Å². The van der Waals surface area contributed by atoms with Crippen LogP contribution in [-0.2, 0) is 13.2 Å². The Morgan fingerprint density at radius 1 is 1.28 bits per heavy atom. The molecule has 96 valence electrons. The minimum Gasteiger partial charge on any atom is -0.488 e. The normalized spacial score (nSPS) is 10.6. The Labute approximate surface area is 114 Å². The average molecular weight is 286 g/mol. The Bertz CT molecular complexity index is 529. The summed E-state index contributed by atoms with van der Waals surface area (Å²) in [6.07, 6.45) is 0. The predicted molar refractivity (Wildman–Crippen MR) is 72.8 cm³/mol. The average Bonchev–Trinajstić information content (AvgIpc) is 2.79. The Kier molecular flexibility index (Phi) is 4.58. The van der Waals surface area contributed by atoms with Crippen LogP contribution in [-0.4, -0.2) is 7.05 Å². The van der Waals surface area contributed by atoms with Gasteiger partial charge < -0.3 is 10.1 Å². The van der Waals surface area contributed by atoms with Crippen molar-refractivity contribution >= 4 is 22.9 Å². The highest BCUT2D eigenvalue weighted by Crippen LogP contribution is 2.23. The minimum atomic E-state index is -0.462. The third-order valence-electron chi connectivity index (χ3n) is 2.34. The molecule has 0 aliphatic rings. The molecule has 1 N–H and O–H groups in total. The van der Waals surface area contributed by atoms with E-state index in [4.69, 9.17) is 16.3 Å². The summed E-state index contributed by atoms with van der Waals surface area (Å²) in [6, 6.07) is 8.52. The number of benzene rings is 1. The van der Waals surface area contributed by atoms with Crippen molar-refractivity contribution in [2.75, 3.05) is 7.05 Å². The monoisotopic (exact) mass is 285 g/mol. The van der Waals surface area contributed by atoms with Crippen molar-refractivity contribution in [3.8, 4) is 5.75 Å². The zero-order valence-electron chi connectivity index (χ0n) is 9.87. The molecule has 1 aromatic heterocycles. The van der Waals surface area contributed by atoms with E-state index in [1.807, 2.05) is 13.1 Å². The van der Waals surface area contributed by atoms with Gasteiger partial charge in [0.25, 0.3) is 0 Å². The second kappa shape index (κ2) is 6.18. The number of hydrogen-bond donors (Lipinski definition) is 1. The number of ether oxygens (including phenoxy) is 1. The minimum absolute atomic E-state index is 0.106. The zero-order chi connectivity index (χ0) is 13.0. The molecular formula is C13H13ClFNOS. The SMILES string of the molecule is CNCc1ccc(COc2ccc(Cl)c(F)c2)s1. The van der Waals surface area contributed by atoms with E-state index in [-0.39, 0.29) is 5.02 Å². The summed E-state index contributed by atoms with van der Waals surface area (Å²) in [5, 5.41) is 3.20. The molecule has 0 saturated heterocycles. The van der Waals surface area contributed by atoms with E-state index in [1.165, 1.54) is 17.0 Å². The van der Waals surface area contributed by atoms with Gasteiger partial charge in [0.05, 0.1) is 5.02 Å². The summed E-state index contributed by atoms with van der Waals surface area (Å²) in [5.74, 6) is 0.0247. The zero-order valence-corrected chi connectivity index (χ0v) is 11.4. The Morgan fingerprint density at radius 3 is 2.78 bits per heavy atom. The lowest BCUT2D eigenvalue weighted by atomic mass is 10.3. The first kappa shape index (κ1) is 13.3. The quantitative estimate of drug-likeness (QED) is 0.901. The van der Waals surface area contributed by atoms with Gasteiger partial charge in [-0.1, -0.05) is 11.6 Å². The smallest absolute Gasteiger partial charge is 0.145 e. The molecule has 0 amide bonds. The molecule has 0 fully saturated rings. The van der Waals surface area contributed by atoms with Crippen LogP contribution in [0.4, 0.5) is 4.39 Å². The Morgan fingerprint density at radius 2 is 2.06 bits per heavy atom. The Hall–Kier alpha value is -1.10. The summed E-state index contributed by atoms with van der Waals surface area (Å²) in [6.45, 7) is 1.29. The van der Waals surface area contributed by atoms with Crippen molar-refractivity contribution < 1.29 is 9.13 Å². The van der Waals surface area contributed by atoms with Gasteiger partial charge in [0.2, 0.25) is 0 Å². The Balaban J connectivity index is 1.95. The van der Waals surface area contributed by atoms with Crippen molar-refractivity contribution in [3.63, 3.8) is 0 Å². The fraction of sp³-hybridized carbons (Fsp3) is 0.231. The molecule has 0 bridgehead atoms. The highest BCUT2D eigenvalue weighted by molar-refractivity contribution is 7.11. The third kappa shape index (κ3) is 3.45. The van der Waals surface area contributed by atoms with Crippen molar-refractivity contribution in [2.24, 2.45) is 0 Å². The molecule has 0 unspecified atom stereocenters. The second-order valence-corrected chi connectivity index (χ2v) is 5.42. The first-order valence-corrected chi connectivity index (χ1v) is 6.68. The fourth-order valence-electron chi connectivity index (χ4n) is 1.49. The predicted octanol–water partition coefficient (Wildman–Crippen LogP) is 3.84. The van der Waals surface area contributed by atoms with Crippen molar-refractivity contribution in [1.29, 1.82) is 0 Å². The molecule has 0 atom stereocenters. The van der Waals surface area contributed by atoms with Crippen LogP contribution in [0.25, 0.3) is 0 Å². The van der Waals surface area contributed by atoms with E-state index < -0.39 is 5.82 Å². The van der Waals surface area contributed by atoms with Crippen molar-refractivity contribution in [1.82, 2.24) is 5.32 Å². The summed E-state index contributed by atoms with van der Waals surface area (Å²) >= 11 is 7.28. The van der Waals surface area contributed by atoms with Gasteiger partial charge in [-0.25, -0.2) is 4.39 Å². The van der Waals surface area contributed by atoms with Gasteiger partial charge in [0.15, 0.2) is 0 Å². The molecule has 1 heterocycles. The van der Waals surface area contributed by atoms with E-state index in [1.54, 1.807) is 17.4 Å². The molecule has 2 nitrogen and oxygen atoms in total. The highest BCUT2D eigenvalue weighted by atomic mass is 35.5. The molecule has 0 saturated carbocycles.